The minimum absolute atomic E-state index is 0. The van der Waals surface area contributed by atoms with E-state index in [9.17, 15) is 0 Å². The minimum Gasteiger partial charge on any atom is -0.383 e. The number of aromatic nitrogens is 5. The molecule has 0 unspecified atom stereocenters. The monoisotopic (exact) mass is 417 g/mol. The smallest absolute Gasteiger partial charge is 0.164 e. The maximum atomic E-state index is 6.34. The van der Waals surface area contributed by atoms with Gasteiger partial charge in [0.2, 0.25) is 0 Å². The Bertz CT molecular complexity index is 1130. The van der Waals surface area contributed by atoms with Crippen LogP contribution in [0.15, 0.2) is 30.6 Å². The molecule has 3 aromatic heterocycles. The Morgan fingerprint density at radius 2 is 2.04 bits per heavy atom. The molecule has 1 aliphatic rings. The fraction of sp³-hybridized carbons (Fsp3) is 0.316. The van der Waals surface area contributed by atoms with Crippen LogP contribution in [0.3, 0.4) is 0 Å². The summed E-state index contributed by atoms with van der Waals surface area (Å²) in [6.45, 7) is 2.93. The van der Waals surface area contributed by atoms with Crippen LogP contribution in [0.1, 0.15) is 12.8 Å². The molecule has 1 fully saturated rings. The Morgan fingerprint density at radius 3 is 2.82 bits per heavy atom. The molecule has 1 saturated heterocycles. The summed E-state index contributed by atoms with van der Waals surface area (Å²) in [6.07, 6.45) is 3.78. The Kier molecular flexibility index (Phi) is 5.14. The molecule has 0 atom stereocenters. The number of halogens is 2. The Morgan fingerprint density at radius 1 is 1.21 bits per heavy atom. The van der Waals surface area contributed by atoms with Crippen LogP contribution in [0.5, 0.6) is 0 Å². The number of hydrogen-bond donors (Lipinski definition) is 3. The first-order valence-corrected chi connectivity index (χ1v) is 9.54. The predicted molar refractivity (Wildman–Crippen MR) is 115 cm³/mol. The van der Waals surface area contributed by atoms with E-state index in [0.717, 1.165) is 65.8 Å². The van der Waals surface area contributed by atoms with E-state index < -0.39 is 0 Å². The van der Waals surface area contributed by atoms with Gasteiger partial charge in [-0.3, -0.25) is 0 Å². The summed E-state index contributed by atoms with van der Waals surface area (Å²) in [7, 11) is 0. The summed E-state index contributed by atoms with van der Waals surface area (Å²) >= 11 is 6.34. The van der Waals surface area contributed by atoms with Gasteiger partial charge in [-0.25, -0.2) is 14.6 Å². The summed E-state index contributed by atoms with van der Waals surface area (Å²) in [5.74, 6) is 1.02. The summed E-state index contributed by atoms with van der Waals surface area (Å²) < 4.78 is 1.98. The van der Waals surface area contributed by atoms with Crippen molar-refractivity contribution in [3.63, 3.8) is 0 Å². The van der Waals surface area contributed by atoms with E-state index in [0.29, 0.717) is 16.8 Å². The molecule has 0 bridgehead atoms. The third-order valence-electron chi connectivity index (χ3n) is 5.31. The summed E-state index contributed by atoms with van der Waals surface area (Å²) in [4.78, 5) is 12.1. The number of nitrogen functional groups attached to an aromatic ring is 1. The number of rotatable bonds is 3. The number of aromatic amines is 1. The quantitative estimate of drug-likeness (QED) is 0.472. The molecule has 5 rings (SSSR count). The Hall–Kier alpha value is -2.35. The minimum atomic E-state index is 0. The standard InChI is InChI=1S/C19H20ClN7.ClH/c20-13-2-1-3-14-12(13)8-15(25-14)17-16-18(21)23-10-24-19(16)27(26-17)9-11-4-6-22-7-5-11;/h1-3,8,10-11,22,25H,4-7,9H2,(H2,21,23,24);1H. The molecule has 7 nitrogen and oxygen atoms in total. The number of piperidine rings is 1. The Balaban J connectivity index is 0.00000192. The van der Waals surface area contributed by atoms with Gasteiger partial charge in [0.1, 0.15) is 17.8 Å². The van der Waals surface area contributed by atoms with Crippen molar-refractivity contribution >= 4 is 51.8 Å². The van der Waals surface area contributed by atoms with E-state index in [1.807, 2.05) is 28.9 Å². The van der Waals surface area contributed by atoms with E-state index in [1.165, 1.54) is 6.33 Å². The second-order valence-electron chi connectivity index (χ2n) is 7.07. The topological polar surface area (TPSA) is 97.4 Å². The van der Waals surface area contributed by atoms with Gasteiger partial charge in [-0.15, -0.1) is 12.4 Å². The van der Waals surface area contributed by atoms with Gasteiger partial charge in [0.05, 0.1) is 11.1 Å². The zero-order valence-corrected chi connectivity index (χ0v) is 16.7. The van der Waals surface area contributed by atoms with Gasteiger partial charge < -0.3 is 16.0 Å². The molecule has 1 aromatic carbocycles. The van der Waals surface area contributed by atoms with Gasteiger partial charge in [-0.1, -0.05) is 17.7 Å². The molecular weight excluding hydrogens is 397 g/mol. The first-order valence-electron chi connectivity index (χ1n) is 9.16. The van der Waals surface area contributed by atoms with Crippen LogP contribution >= 0.6 is 24.0 Å². The highest BCUT2D eigenvalue weighted by atomic mass is 35.5. The highest BCUT2D eigenvalue weighted by Gasteiger charge is 2.21. The molecule has 146 valence electrons. The highest BCUT2D eigenvalue weighted by Crippen LogP contribution is 2.34. The predicted octanol–water partition coefficient (Wildman–Crippen LogP) is 3.63. The zero-order chi connectivity index (χ0) is 18.4. The number of nitrogens with zero attached hydrogens (tertiary/aromatic N) is 4. The van der Waals surface area contributed by atoms with E-state index in [2.05, 4.69) is 20.3 Å². The first kappa shape index (κ1) is 19.0. The molecule has 0 amide bonds. The third-order valence-corrected chi connectivity index (χ3v) is 5.64. The number of benzene rings is 1. The van der Waals surface area contributed by atoms with Crippen LogP contribution in [-0.2, 0) is 6.54 Å². The number of nitrogens with two attached hydrogens (primary N) is 1. The van der Waals surface area contributed by atoms with E-state index >= 15 is 0 Å². The maximum absolute atomic E-state index is 6.34. The van der Waals surface area contributed by atoms with Crippen LogP contribution in [0, 0.1) is 5.92 Å². The van der Waals surface area contributed by atoms with Crippen molar-refractivity contribution in [1.29, 1.82) is 0 Å². The van der Waals surface area contributed by atoms with Crippen LogP contribution < -0.4 is 11.1 Å². The van der Waals surface area contributed by atoms with Crippen molar-refractivity contribution in [3.8, 4) is 11.4 Å². The molecule has 0 spiro atoms. The Labute approximate surface area is 173 Å². The largest absolute Gasteiger partial charge is 0.383 e. The molecule has 0 aliphatic carbocycles. The van der Waals surface area contributed by atoms with Crippen LogP contribution in [0.25, 0.3) is 33.3 Å². The van der Waals surface area contributed by atoms with Gasteiger partial charge in [-0.05, 0) is 50.0 Å². The number of anilines is 1. The molecule has 9 heteroatoms. The second kappa shape index (κ2) is 7.58. The molecular formula is C19H21Cl2N7. The van der Waals surface area contributed by atoms with Crippen LogP contribution in [-0.4, -0.2) is 37.8 Å². The van der Waals surface area contributed by atoms with E-state index in [4.69, 9.17) is 22.4 Å². The average molecular weight is 418 g/mol. The van der Waals surface area contributed by atoms with Crippen LogP contribution in [0.4, 0.5) is 5.82 Å². The highest BCUT2D eigenvalue weighted by molar-refractivity contribution is 6.35. The number of nitrogens with one attached hydrogen (secondary N) is 2. The molecule has 0 radical (unpaired) electrons. The molecule has 28 heavy (non-hydrogen) atoms. The zero-order valence-electron chi connectivity index (χ0n) is 15.2. The fourth-order valence-electron chi connectivity index (χ4n) is 3.90. The molecule has 4 N–H and O–H groups in total. The lowest BCUT2D eigenvalue weighted by molar-refractivity contribution is 0.325. The second-order valence-corrected chi connectivity index (χ2v) is 7.47. The lowest BCUT2D eigenvalue weighted by atomic mass is 9.98. The van der Waals surface area contributed by atoms with Gasteiger partial charge in [0.25, 0.3) is 0 Å². The van der Waals surface area contributed by atoms with Crippen molar-refractivity contribution in [1.82, 2.24) is 30.0 Å². The number of hydrogen-bond acceptors (Lipinski definition) is 5. The SMILES string of the molecule is Cl.Nc1ncnc2c1c(-c1cc3c(Cl)cccc3[nH]1)nn2CC1CCNCC1. The van der Waals surface area contributed by atoms with Crippen molar-refractivity contribution in [2.45, 2.75) is 19.4 Å². The van der Waals surface area contributed by atoms with Gasteiger partial charge >= 0.3 is 0 Å². The molecule has 4 heterocycles. The normalized spacial score (nSPS) is 15.2. The van der Waals surface area contributed by atoms with Gasteiger partial charge in [0.15, 0.2) is 5.65 Å². The van der Waals surface area contributed by atoms with Gasteiger partial charge in [-0.2, -0.15) is 5.10 Å². The number of H-pyrrole nitrogens is 1. The maximum Gasteiger partial charge on any atom is 0.164 e. The summed E-state index contributed by atoms with van der Waals surface area (Å²) in [5, 5.41) is 10.7. The first-order chi connectivity index (χ1) is 13.2. The fourth-order valence-corrected chi connectivity index (χ4v) is 4.13. The van der Waals surface area contributed by atoms with Crippen LogP contribution in [0.2, 0.25) is 5.02 Å². The van der Waals surface area contributed by atoms with Crippen molar-refractivity contribution in [2.24, 2.45) is 5.92 Å². The van der Waals surface area contributed by atoms with E-state index in [-0.39, 0.29) is 12.4 Å². The lowest BCUT2D eigenvalue weighted by Crippen LogP contribution is -2.30. The summed E-state index contributed by atoms with van der Waals surface area (Å²) in [5.41, 5.74) is 9.59. The third kappa shape index (κ3) is 3.19. The van der Waals surface area contributed by atoms with Crippen molar-refractivity contribution in [2.75, 3.05) is 18.8 Å². The number of fused-ring (bicyclic) bond motifs is 2. The average Bonchev–Trinajstić information content (AvgIpc) is 3.26. The molecule has 1 aliphatic heterocycles. The summed E-state index contributed by atoms with van der Waals surface area (Å²) in [6, 6.07) is 7.82. The van der Waals surface area contributed by atoms with Gasteiger partial charge in [0, 0.05) is 22.5 Å². The lowest BCUT2D eigenvalue weighted by Gasteiger charge is -2.22. The van der Waals surface area contributed by atoms with Crippen molar-refractivity contribution in [3.05, 3.63) is 35.6 Å². The van der Waals surface area contributed by atoms with Crippen molar-refractivity contribution < 1.29 is 0 Å². The molecule has 0 saturated carbocycles. The van der Waals surface area contributed by atoms with E-state index in [1.54, 1.807) is 0 Å². The molecule has 4 aromatic rings.